The molecular formula is C20H15NO4. The second-order valence-corrected chi connectivity index (χ2v) is 5.33. The third kappa shape index (κ3) is 3.90. The van der Waals surface area contributed by atoms with Gasteiger partial charge in [0.2, 0.25) is 0 Å². The number of carboxylic acid groups (broad SMARTS) is 1. The number of nitrogens with zero attached hydrogens (tertiary/aromatic N) is 1. The Morgan fingerprint density at radius 2 is 1.72 bits per heavy atom. The summed E-state index contributed by atoms with van der Waals surface area (Å²) in [6.07, 6.45) is 4.80. The molecule has 5 nitrogen and oxygen atoms in total. The highest BCUT2D eigenvalue weighted by Crippen LogP contribution is 2.24. The molecular weight excluding hydrogens is 318 g/mol. The highest BCUT2D eigenvalue weighted by atomic mass is 16.5. The minimum absolute atomic E-state index is 0.0597. The van der Waals surface area contributed by atoms with E-state index in [1.807, 2.05) is 42.5 Å². The standard InChI is InChI=1S/C20H15NO4/c22-19(23)18-16(20(24)25-13-14-7-2-1-3-8-14)11-6-10-15-9-4-5-12-17(15)21-18/h1-12H,13H2,(H,22,23)/b10-6-,11-6?,15-10?,16-11?,18-16?,21-17?,21-18?. The Bertz CT molecular complexity index is 895. The predicted molar refractivity (Wildman–Crippen MR) is 94.5 cm³/mol. The number of carbonyl (C=O) groups is 2. The minimum atomic E-state index is -1.28. The molecule has 0 aromatic heterocycles. The average molecular weight is 333 g/mol. The predicted octanol–water partition coefficient (Wildman–Crippen LogP) is 3.54. The summed E-state index contributed by atoms with van der Waals surface area (Å²) >= 11 is 0. The van der Waals surface area contributed by atoms with Gasteiger partial charge in [0.25, 0.3) is 0 Å². The molecule has 0 bridgehead atoms. The molecule has 0 saturated heterocycles. The van der Waals surface area contributed by atoms with Gasteiger partial charge < -0.3 is 9.84 Å². The van der Waals surface area contributed by atoms with E-state index in [-0.39, 0.29) is 17.9 Å². The lowest BCUT2D eigenvalue weighted by molar-refractivity contribution is -0.140. The van der Waals surface area contributed by atoms with Gasteiger partial charge >= 0.3 is 11.9 Å². The largest absolute Gasteiger partial charge is 0.476 e. The summed E-state index contributed by atoms with van der Waals surface area (Å²) in [5.41, 5.74) is 1.65. The number of rotatable bonds is 4. The van der Waals surface area contributed by atoms with Crippen molar-refractivity contribution < 1.29 is 19.4 Å². The van der Waals surface area contributed by atoms with Crippen LogP contribution in [0.5, 0.6) is 0 Å². The maximum Gasteiger partial charge on any atom is 0.355 e. The fraction of sp³-hybridized carbons (Fsp3) is 0.0500. The van der Waals surface area contributed by atoms with Gasteiger partial charge in [-0.2, -0.15) is 0 Å². The molecule has 1 aliphatic heterocycles. The van der Waals surface area contributed by atoms with Crippen LogP contribution in [0.25, 0.3) is 6.08 Å². The lowest BCUT2D eigenvalue weighted by Gasteiger charge is -2.11. The number of allylic oxidation sites excluding steroid dienone is 2. The van der Waals surface area contributed by atoms with Crippen LogP contribution in [0.3, 0.4) is 0 Å². The quantitative estimate of drug-likeness (QED) is 0.868. The van der Waals surface area contributed by atoms with Crippen LogP contribution >= 0.6 is 0 Å². The Morgan fingerprint density at radius 3 is 2.48 bits per heavy atom. The molecule has 0 aliphatic carbocycles. The van der Waals surface area contributed by atoms with Crippen molar-refractivity contribution in [1.82, 2.24) is 0 Å². The number of ether oxygens (including phenoxy) is 1. The van der Waals surface area contributed by atoms with Crippen molar-refractivity contribution in [2.75, 3.05) is 0 Å². The third-order valence-corrected chi connectivity index (χ3v) is 3.60. The molecule has 124 valence electrons. The van der Waals surface area contributed by atoms with E-state index in [1.165, 1.54) is 6.08 Å². The number of fused-ring (bicyclic) bond motifs is 1. The molecule has 0 amide bonds. The Morgan fingerprint density at radius 1 is 1.00 bits per heavy atom. The summed E-state index contributed by atoms with van der Waals surface area (Å²) in [6, 6.07) is 16.3. The summed E-state index contributed by atoms with van der Waals surface area (Å²) in [4.78, 5) is 28.2. The SMILES string of the molecule is O=C(O)C1=Nc2ccccc2/C=C\C=C1C(=O)OCc1ccccc1. The molecule has 0 radical (unpaired) electrons. The van der Waals surface area contributed by atoms with Gasteiger partial charge in [0, 0.05) is 5.56 Å². The second-order valence-electron chi connectivity index (χ2n) is 5.33. The van der Waals surface area contributed by atoms with Crippen LogP contribution in [0.2, 0.25) is 0 Å². The second kappa shape index (κ2) is 7.40. The van der Waals surface area contributed by atoms with Gasteiger partial charge in [-0.15, -0.1) is 0 Å². The van der Waals surface area contributed by atoms with Crippen LogP contribution in [0, 0.1) is 0 Å². The number of aliphatic imine (C=N–C) groups is 1. The van der Waals surface area contributed by atoms with Gasteiger partial charge in [-0.3, -0.25) is 0 Å². The maximum atomic E-state index is 12.4. The summed E-state index contributed by atoms with van der Waals surface area (Å²) in [5.74, 6) is -2.01. The molecule has 2 aromatic rings. The van der Waals surface area contributed by atoms with Crippen molar-refractivity contribution in [3.63, 3.8) is 0 Å². The zero-order valence-electron chi connectivity index (χ0n) is 13.3. The topological polar surface area (TPSA) is 76.0 Å². The van der Waals surface area contributed by atoms with Crippen molar-refractivity contribution in [2.45, 2.75) is 6.61 Å². The number of aliphatic carboxylic acids is 1. The number of esters is 1. The number of benzene rings is 2. The number of para-hydroxylation sites is 1. The maximum absolute atomic E-state index is 12.4. The Balaban J connectivity index is 1.89. The van der Waals surface area contributed by atoms with E-state index in [2.05, 4.69) is 4.99 Å². The zero-order chi connectivity index (χ0) is 17.6. The van der Waals surface area contributed by atoms with Gasteiger partial charge in [0.05, 0.1) is 11.3 Å². The average Bonchev–Trinajstić information content (AvgIpc) is 2.61. The molecule has 0 fully saturated rings. The van der Waals surface area contributed by atoms with Gasteiger partial charge in [-0.05, 0) is 17.7 Å². The molecule has 2 aromatic carbocycles. The van der Waals surface area contributed by atoms with E-state index >= 15 is 0 Å². The van der Waals surface area contributed by atoms with Crippen LogP contribution in [0.15, 0.2) is 77.3 Å². The lowest BCUT2D eigenvalue weighted by atomic mass is 10.1. The van der Waals surface area contributed by atoms with Crippen molar-refractivity contribution in [1.29, 1.82) is 0 Å². The van der Waals surface area contributed by atoms with Crippen LogP contribution < -0.4 is 0 Å². The van der Waals surface area contributed by atoms with E-state index in [9.17, 15) is 14.7 Å². The smallest absolute Gasteiger partial charge is 0.355 e. The first-order valence-electron chi connectivity index (χ1n) is 7.66. The van der Waals surface area contributed by atoms with Crippen LogP contribution in [0.4, 0.5) is 5.69 Å². The van der Waals surface area contributed by atoms with E-state index in [0.717, 1.165) is 11.1 Å². The highest BCUT2D eigenvalue weighted by Gasteiger charge is 2.24. The van der Waals surface area contributed by atoms with E-state index in [4.69, 9.17) is 4.74 Å². The molecule has 3 rings (SSSR count). The first kappa shape index (κ1) is 16.4. The fourth-order valence-electron chi connectivity index (χ4n) is 2.37. The van der Waals surface area contributed by atoms with Crippen LogP contribution in [0.1, 0.15) is 11.1 Å². The summed E-state index contributed by atoms with van der Waals surface area (Å²) in [7, 11) is 0. The van der Waals surface area contributed by atoms with Gasteiger partial charge in [0.15, 0.2) is 5.71 Å². The number of carbonyl (C=O) groups excluding carboxylic acids is 1. The molecule has 5 heteroatoms. The molecule has 0 atom stereocenters. The molecule has 1 heterocycles. The van der Waals surface area contributed by atoms with Crippen LogP contribution in [-0.4, -0.2) is 22.8 Å². The molecule has 25 heavy (non-hydrogen) atoms. The van der Waals surface area contributed by atoms with Crippen molar-refractivity contribution in [3.8, 4) is 0 Å². The van der Waals surface area contributed by atoms with E-state index < -0.39 is 11.9 Å². The monoisotopic (exact) mass is 333 g/mol. The highest BCUT2D eigenvalue weighted by molar-refractivity contribution is 6.49. The van der Waals surface area contributed by atoms with Gasteiger partial charge in [-0.25, -0.2) is 14.6 Å². The van der Waals surface area contributed by atoms with Crippen molar-refractivity contribution in [2.24, 2.45) is 4.99 Å². The Kier molecular flexibility index (Phi) is 4.85. The van der Waals surface area contributed by atoms with Gasteiger partial charge in [0.1, 0.15) is 6.61 Å². The van der Waals surface area contributed by atoms with E-state index in [1.54, 1.807) is 24.3 Å². The number of carboxylic acids is 1. The van der Waals surface area contributed by atoms with E-state index in [0.29, 0.717) is 5.69 Å². The number of hydrogen-bond acceptors (Lipinski definition) is 4. The van der Waals surface area contributed by atoms with Crippen molar-refractivity contribution in [3.05, 3.63) is 83.4 Å². The Hall–Kier alpha value is -3.47. The summed E-state index contributed by atoms with van der Waals surface area (Å²) in [5, 5.41) is 9.48. The normalized spacial score (nSPS) is 14.2. The fourth-order valence-corrected chi connectivity index (χ4v) is 2.37. The molecule has 1 aliphatic rings. The summed E-state index contributed by atoms with van der Waals surface area (Å²) < 4.78 is 5.25. The molecule has 0 spiro atoms. The van der Waals surface area contributed by atoms with Crippen LogP contribution in [-0.2, 0) is 20.9 Å². The molecule has 0 saturated carbocycles. The lowest BCUT2D eigenvalue weighted by Crippen LogP contribution is -2.23. The summed E-state index contributed by atoms with van der Waals surface area (Å²) in [6.45, 7) is 0.0597. The molecule has 1 N–H and O–H groups in total. The molecule has 0 unspecified atom stereocenters. The number of hydrogen-bond donors (Lipinski definition) is 1. The van der Waals surface area contributed by atoms with Crippen molar-refractivity contribution >= 4 is 29.4 Å². The third-order valence-electron chi connectivity index (χ3n) is 3.60. The first-order chi connectivity index (χ1) is 12.1. The zero-order valence-corrected chi connectivity index (χ0v) is 13.3. The Labute approximate surface area is 144 Å². The van der Waals surface area contributed by atoms with Gasteiger partial charge in [-0.1, -0.05) is 60.7 Å². The minimum Gasteiger partial charge on any atom is -0.476 e. The first-order valence-corrected chi connectivity index (χ1v) is 7.66.